The normalized spacial score (nSPS) is 14.3. The fraction of sp³-hybridized carbons (Fsp3) is 0.500. The Labute approximate surface area is 103 Å². The molecule has 1 aromatic rings. The summed E-state index contributed by atoms with van der Waals surface area (Å²) < 4.78 is 0. The first-order valence-electron chi connectivity index (χ1n) is 5.23. The molecule has 0 heterocycles. The number of hydrogen-bond donors (Lipinski definition) is 3. The van der Waals surface area contributed by atoms with Gasteiger partial charge in [0.25, 0.3) is 0 Å². The Kier molecular flexibility index (Phi) is 6.41. The largest absolute Gasteiger partial charge is 0.508 e. The molecule has 1 aromatic carbocycles. The van der Waals surface area contributed by atoms with Gasteiger partial charge in [-0.15, -0.1) is 12.4 Å². The fourth-order valence-electron chi connectivity index (χ4n) is 1.58. The van der Waals surface area contributed by atoms with Crippen molar-refractivity contribution in [2.75, 3.05) is 0 Å². The van der Waals surface area contributed by atoms with Crippen LogP contribution >= 0.6 is 12.4 Å². The molecule has 2 atom stereocenters. The van der Waals surface area contributed by atoms with E-state index in [9.17, 15) is 10.2 Å². The topological polar surface area (TPSA) is 66.5 Å². The third-order valence-corrected chi connectivity index (χ3v) is 2.38. The van der Waals surface area contributed by atoms with Gasteiger partial charge in [-0.1, -0.05) is 26.0 Å². The van der Waals surface area contributed by atoms with Gasteiger partial charge in [0.15, 0.2) is 0 Å². The number of phenols is 1. The molecule has 0 aliphatic rings. The Bertz CT molecular complexity index is 318. The molecule has 4 heteroatoms. The van der Waals surface area contributed by atoms with E-state index in [-0.39, 0.29) is 18.2 Å². The predicted molar refractivity (Wildman–Crippen MR) is 67.7 cm³/mol. The second-order valence-corrected chi connectivity index (χ2v) is 4.32. The molecule has 16 heavy (non-hydrogen) atoms. The molecule has 1 rings (SSSR count). The van der Waals surface area contributed by atoms with E-state index in [0.29, 0.717) is 12.3 Å². The highest BCUT2D eigenvalue weighted by Crippen LogP contribution is 2.22. The van der Waals surface area contributed by atoms with Crippen LogP contribution in [-0.4, -0.2) is 16.3 Å². The van der Waals surface area contributed by atoms with Crippen molar-refractivity contribution < 1.29 is 10.2 Å². The Morgan fingerprint density at radius 3 is 2.44 bits per heavy atom. The number of benzene rings is 1. The summed E-state index contributed by atoms with van der Waals surface area (Å²) in [5.41, 5.74) is 6.66. The van der Waals surface area contributed by atoms with Gasteiger partial charge >= 0.3 is 0 Å². The van der Waals surface area contributed by atoms with Crippen molar-refractivity contribution >= 4 is 12.4 Å². The number of halogens is 1. The molecule has 0 unspecified atom stereocenters. The van der Waals surface area contributed by atoms with Gasteiger partial charge in [-0.2, -0.15) is 0 Å². The predicted octanol–water partition coefficient (Wildman–Crippen LogP) is 2.22. The van der Waals surface area contributed by atoms with Crippen molar-refractivity contribution in [1.82, 2.24) is 0 Å². The lowest BCUT2D eigenvalue weighted by molar-refractivity contribution is 0.121. The summed E-state index contributed by atoms with van der Waals surface area (Å²) in [7, 11) is 0. The van der Waals surface area contributed by atoms with E-state index in [0.717, 1.165) is 5.56 Å². The molecule has 0 aliphatic carbocycles. The Morgan fingerprint density at radius 2 is 1.94 bits per heavy atom. The zero-order valence-electron chi connectivity index (χ0n) is 9.63. The van der Waals surface area contributed by atoms with Crippen LogP contribution in [0.2, 0.25) is 0 Å². The van der Waals surface area contributed by atoms with E-state index < -0.39 is 12.1 Å². The molecule has 4 N–H and O–H groups in total. The highest BCUT2D eigenvalue weighted by Gasteiger charge is 2.17. The van der Waals surface area contributed by atoms with Crippen molar-refractivity contribution in [3.63, 3.8) is 0 Å². The van der Waals surface area contributed by atoms with E-state index >= 15 is 0 Å². The third kappa shape index (κ3) is 4.39. The minimum atomic E-state index is -0.563. The van der Waals surface area contributed by atoms with Crippen molar-refractivity contribution in [3.8, 4) is 5.75 Å². The summed E-state index contributed by atoms with van der Waals surface area (Å²) in [4.78, 5) is 0. The van der Waals surface area contributed by atoms with Gasteiger partial charge < -0.3 is 15.9 Å². The lowest BCUT2D eigenvalue weighted by atomic mass is 9.95. The fourth-order valence-corrected chi connectivity index (χ4v) is 1.58. The van der Waals surface area contributed by atoms with E-state index in [2.05, 4.69) is 0 Å². The molecule has 0 saturated heterocycles. The summed E-state index contributed by atoms with van der Waals surface area (Å²) >= 11 is 0. The zero-order valence-corrected chi connectivity index (χ0v) is 10.4. The van der Waals surface area contributed by atoms with Gasteiger partial charge in [0, 0.05) is 0 Å². The minimum absolute atomic E-state index is 0. The third-order valence-electron chi connectivity index (χ3n) is 2.38. The Hall–Kier alpha value is -0.770. The summed E-state index contributed by atoms with van der Waals surface area (Å²) in [6.07, 6.45) is 0.100. The van der Waals surface area contributed by atoms with Crippen molar-refractivity contribution in [3.05, 3.63) is 29.8 Å². The molecule has 0 aromatic heterocycles. The SMILES string of the molecule is CC(C)C[C@@H](O)[C@@H](N)c1cccc(O)c1.Cl. The standard InChI is InChI=1S/C12H19NO2.ClH/c1-8(2)6-11(15)12(13)9-4-3-5-10(14)7-9;/h3-5,7-8,11-12,14-15H,6,13H2,1-2H3;1H/t11-,12+;/m1./s1. The first kappa shape index (κ1) is 15.2. The maximum Gasteiger partial charge on any atom is 0.115 e. The van der Waals surface area contributed by atoms with E-state index in [1.165, 1.54) is 0 Å². The van der Waals surface area contributed by atoms with E-state index in [1.54, 1.807) is 18.2 Å². The van der Waals surface area contributed by atoms with Crippen LogP contribution < -0.4 is 5.73 Å². The lowest BCUT2D eigenvalue weighted by Crippen LogP contribution is -2.27. The monoisotopic (exact) mass is 245 g/mol. The van der Waals surface area contributed by atoms with Gasteiger partial charge in [0.1, 0.15) is 5.75 Å². The van der Waals surface area contributed by atoms with Gasteiger partial charge in [-0.25, -0.2) is 0 Å². The summed E-state index contributed by atoms with van der Waals surface area (Å²) in [5, 5.41) is 19.1. The van der Waals surface area contributed by atoms with Crippen LogP contribution in [0.15, 0.2) is 24.3 Å². The molecule has 0 amide bonds. The maximum absolute atomic E-state index is 9.83. The van der Waals surface area contributed by atoms with Crippen molar-refractivity contribution in [2.24, 2.45) is 11.7 Å². The molecule has 0 spiro atoms. The second kappa shape index (κ2) is 6.74. The highest BCUT2D eigenvalue weighted by atomic mass is 35.5. The number of aliphatic hydroxyl groups excluding tert-OH is 1. The quantitative estimate of drug-likeness (QED) is 0.762. The molecular formula is C12H20ClNO2. The Morgan fingerprint density at radius 1 is 1.31 bits per heavy atom. The van der Waals surface area contributed by atoms with Crippen LogP contribution in [0.3, 0.4) is 0 Å². The second-order valence-electron chi connectivity index (χ2n) is 4.32. The number of aromatic hydroxyl groups is 1. The summed E-state index contributed by atoms with van der Waals surface area (Å²) in [5.74, 6) is 0.586. The van der Waals surface area contributed by atoms with E-state index in [1.807, 2.05) is 19.9 Å². The van der Waals surface area contributed by atoms with Crippen molar-refractivity contribution in [1.29, 1.82) is 0 Å². The van der Waals surface area contributed by atoms with Crippen LogP contribution in [0.4, 0.5) is 0 Å². The highest BCUT2D eigenvalue weighted by molar-refractivity contribution is 5.85. The van der Waals surface area contributed by atoms with Crippen LogP contribution in [0, 0.1) is 5.92 Å². The molecule has 0 radical (unpaired) electrons. The summed E-state index contributed by atoms with van der Waals surface area (Å²) in [6, 6.07) is 6.29. The number of phenolic OH excluding ortho intramolecular Hbond substituents is 1. The average Bonchev–Trinajstić information content (AvgIpc) is 2.15. The van der Waals surface area contributed by atoms with E-state index in [4.69, 9.17) is 5.73 Å². The molecule has 0 bridgehead atoms. The zero-order chi connectivity index (χ0) is 11.4. The van der Waals surface area contributed by atoms with Gasteiger partial charge in [-0.05, 0) is 30.0 Å². The van der Waals surface area contributed by atoms with Crippen LogP contribution in [0.25, 0.3) is 0 Å². The molecule has 3 nitrogen and oxygen atoms in total. The number of rotatable bonds is 4. The molecule has 92 valence electrons. The van der Waals surface area contributed by atoms with Crippen LogP contribution in [-0.2, 0) is 0 Å². The summed E-state index contributed by atoms with van der Waals surface area (Å²) in [6.45, 7) is 4.08. The first-order chi connectivity index (χ1) is 7.00. The number of hydrogen-bond acceptors (Lipinski definition) is 3. The smallest absolute Gasteiger partial charge is 0.115 e. The maximum atomic E-state index is 9.83. The lowest BCUT2D eigenvalue weighted by Gasteiger charge is -2.20. The molecule has 0 fully saturated rings. The van der Waals surface area contributed by atoms with Gasteiger partial charge in [0.05, 0.1) is 12.1 Å². The molecule has 0 saturated carbocycles. The number of nitrogens with two attached hydrogens (primary N) is 1. The van der Waals surface area contributed by atoms with Gasteiger partial charge in [-0.3, -0.25) is 0 Å². The van der Waals surface area contributed by atoms with Crippen molar-refractivity contribution in [2.45, 2.75) is 32.4 Å². The molecule has 0 aliphatic heterocycles. The van der Waals surface area contributed by atoms with Gasteiger partial charge in [0.2, 0.25) is 0 Å². The van der Waals surface area contributed by atoms with Crippen LogP contribution in [0.1, 0.15) is 31.9 Å². The molecular weight excluding hydrogens is 226 g/mol. The Balaban J connectivity index is 0.00000225. The number of aliphatic hydroxyl groups is 1. The van der Waals surface area contributed by atoms with Crippen LogP contribution in [0.5, 0.6) is 5.75 Å². The first-order valence-corrected chi connectivity index (χ1v) is 5.23. The average molecular weight is 246 g/mol. The minimum Gasteiger partial charge on any atom is -0.508 e.